The molecule has 0 aromatic heterocycles. The highest BCUT2D eigenvalue weighted by molar-refractivity contribution is 7.90. The molecule has 7 heteroatoms. The Morgan fingerprint density at radius 3 is 1.73 bits per heavy atom. The molecule has 2 N–H and O–H groups in total. The van der Waals surface area contributed by atoms with E-state index in [-0.39, 0.29) is 0 Å². The van der Waals surface area contributed by atoms with Gasteiger partial charge in [0.05, 0.1) is 0 Å². The molecule has 0 aromatic carbocycles. The maximum atomic E-state index is 11.8. The molecule has 6 nitrogen and oxygen atoms in total. The molecule has 0 saturated carbocycles. The van der Waals surface area contributed by atoms with Crippen molar-refractivity contribution >= 4 is 23.3 Å². The summed E-state index contributed by atoms with van der Waals surface area (Å²) in [5, 5.41) is 17.4. The first-order chi connectivity index (χ1) is 6.68. The van der Waals surface area contributed by atoms with Gasteiger partial charge in [-0.1, -0.05) is 4.31 Å². The van der Waals surface area contributed by atoms with Gasteiger partial charge in [0.2, 0.25) is 0 Å². The van der Waals surface area contributed by atoms with Crippen LogP contribution in [0.3, 0.4) is 0 Å². The Labute approximate surface area is 90.2 Å². The molecule has 0 aliphatic carbocycles. The Morgan fingerprint density at radius 1 is 1.20 bits per heavy atom. The van der Waals surface area contributed by atoms with Crippen molar-refractivity contribution in [2.45, 2.75) is 37.6 Å². The average molecular weight is 235 g/mol. The van der Waals surface area contributed by atoms with Crippen LogP contribution >= 0.6 is 0 Å². The molecule has 15 heavy (non-hydrogen) atoms. The van der Waals surface area contributed by atoms with Crippen molar-refractivity contribution in [3.05, 3.63) is 0 Å². The van der Waals surface area contributed by atoms with Crippen LogP contribution in [-0.4, -0.2) is 47.8 Å². The normalized spacial score (nSPS) is 32.1. The Morgan fingerprint density at radius 2 is 1.53 bits per heavy atom. The molecule has 0 spiro atoms. The van der Waals surface area contributed by atoms with E-state index >= 15 is 0 Å². The van der Waals surface area contributed by atoms with E-state index in [0.717, 1.165) is 4.31 Å². The molecule has 0 bridgehead atoms. The third-order valence-corrected chi connectivity index (χ3v) is 3.86. The van der Waals surface area contributed by atoms with E-state index in [1.165, 1.54) is 0 Å². The molecule has 1 heterocycles. The number of carbonyl (C=O) groups is 2. The van der Waals surface area contributed by atoms with Crippen molar-refractivity contribution in [3.63, 3.8) is 0 Å². The second-order valence-corrected chi connectivity index (χ2v) is 6.43. The van der Waals surface area contributed by atoms with Crippen molar-refractivity contribution in [2.75, 3.05) is 0 Å². The van der Waals surface area contributed by atoms with E-state index in [4.69, 9.17) is 10.2 Å². The second kappa shape index (κ2) is 3.66. The molecular weight excluding hydrogens is 222 g/mol. The van der Waals surface area contributed by atoms with Crippen molar-refractivity contribution < 1.29 is 24.4 Å². The third kappa shape index (κ3) is 2.24. The molecule has 0 amide bonds. The molecule has 1 fully saturated rings. The van der Waals surface area contributed by atoms with Gasteiger partial charge in [-0.25, -0.2) is 0 Å². The number of carboxylic acid groups (broad SMARTS) is 2. The SMILES string of the molecule is CC(C)(C)[S@+]([O-])[N@@]1[C@H](C(=O)O)[C@@H]1C(=O)O. The van der Waals surface area contributed by atoms with Crippen LogP contribution in [0.1, 0.15) is 20.8 Å². The van der Waals surface area contributed by atoms with E-state index in [2.05, 4.69) is 0 Å². The number of aliphatic carboxylic acids is 2. The minimum Gasteiger partial charge on any atom is -0.597 e. The van der Waals surface area contributed by atoms with Gasteiger partial charge in [0, 0.05) is 11.4 Å². The molecule has 0 aromatic rings. The quantitative estimate of drug-likeness (QED) is 0.513. The van der Waals surface area contributed by atoms with E-state index in [1.807, 2.05) is 0 Å². The first-order valence-corrected chi connectivity index (χ1v) is 5.44. The molecule has 0 radical (unpaired) electrons. The molecule has 1 saturated heterocycles. The summed E-state index contributed by atoms with van der Waals surface area (Å²) in [5.74, 6) is -2.50. The molecule has 0 unspecified atom stereocenters. The molecule has 86 valence electrons. The maximum absolute atomic E-state index is 11.8. The summed E-state index contributed by atoms with van der Waals surface area (Å²) in [6.07, 6.45) is 0. The lowest BCUT2D eigenvalue weighted by Gasteiger charge is -2.23. The van der Waals surface area contributed by atoms with Crippen LogP contribution in [0.4, 0.5) is 0 Å². The minimum atomic E-state index is -1.61. The summed E-state index contributed by atoms with van der Waals surface area (Å²) in [5.41, 5.74) is 0. The lowest BCUT2D eigenvalue weighted by molar-refractivity contribution is -0.140. The topological polar surface area (TPSA) is 101 Å². The summed E-state index contributed by atoms with van der Waals surface area (Å²) < 4.78 is 12.1. The summed E-state index contributed by atoms with van der Waals surface area (Å²) in [7, 11) is 0. The first kappa shape index (κ1) is 12.3. The van der Waals surface area contributed by atoms with Crippen molar-refractivity contribution in [1.82, 2.24) is 4.31 Å². The molecule has 1 rings (SSSR count). The van der Waals surface area contributed by atoms with Gasteiger partial charge in [0.15, 0.2) is 12.1 Å². The van der Waals surface area contributed by atoms with Gasteiger partial charge < -0.3 is 14.8 Å². The monoisotopic (exact) mass is 235 g/mol. The van der Waals surface area contributed by atoms with E-state index < -0.39 is 40.1 Å². The lowest BCUT2D eigenvalue weighted by Crippen LogP contribution is -2.36. The minimum absolute atomic E-state index is 0.655. The van der Waals surface area contributed by atoms with Gasteiger partial charge in [-0.2, -0.15) is 0 Å². The van der Waals surface area contributed by atoms with E-state index in [0.29, 0.717) is 0 Å². The Bertz CT molecular complexity index is 280. The van der Waals surface area contributed by atoms with Crippen LogP contribution in [0.2, 0.25) is 0 Å². The van der Waals surface area contributed by atoms with Crippen LogP contribution in [0.5, 0.6) is 0 Å². The Balaban J connectivity index is 2.80. The highest BCUT2D eigenvalue weighted by Crippen LogP contribution is 2.37. The molecule has 4 atom stereocenters. The van der Waals surface area contributed by atoms with E-state index in [1.54, 1.807) is 20.8 Å². The maximum Gasteiger partial charge on any atom is 0.328 e. The summed E-state index contributed by atoms with van der Waals surface area (Å²) >= 11 is -1.61. The fraction of sp³-hybridized carbons (Fsp3) is 0.750. The van der Waals surface area contributed by atoms with Crippen LogP contribution in [0.15, 0.2) is 0 Å². The smallest absolute Gasteiger partial charge is 0.328 e. The Kier molecular flexibility index (Phi) is 2.99. The van der Waals surface area contributed by atoms with Crippen molar-refractivity contribution in [3.8, 4) is 0 Å². The van der Waals surface area contributed by atoms with Gasteiger partial charge in [0.25, 0.3) is 0 Å². The summed E-state index contributed by atoms with van der Waals surface area (Å²) in [6, 6.07) is -2.33. The highest BCUT2D eigenvalue weighted by Gasteiger charge is 2.67. The zero-order valence-electron chi connectivity index (χ0n) is 8.63. The van der Waals surface area contributed by atoms with Crippen LogP contribution in [-0.2, 0) is 21.0 Å². The van der Waals surface area contributed by atoms with Gasteiger partial charge in [-0.05, 0) is 20.8 Å². The average Bonchev–Trinajstić information content (AvgIpc) is 2.74. The number of carboxylic acids is 2. The summed E-state index contributed by atoms with van der Waals surface area (Å²) in [4.78, 5) is 21.4. The molecule has 1 aliphatic rings. The molecular formula is C8H13NO5S. The zero-order valence-corrected chi connectivity index (χ0v) is 9.45. The van der Waals surface area contributed by atoms with Crippen LogP contribution < -0.4 is 0 Å². The predicted molar refractivity (Wildman–Crippen MR) is 52.6 cm³/mol. The van der Waals surface area contributed by atoms with Gasteiger partial charge in [-0.15, -0.1) is 0 Å². The van der Waals surface area contributed by atoms with Gasteiger partial charge in [-0.3, -0.25) is 9.59 Å². The first-order valence-electron chi connectivity index (χ1n) is 4.34. The number of hydrogen-bond donors (Lipinski definition) is 2. The van der Waals surface area contributed by atoms with Gasteiger partial charge >= 0.3 is 11.9 Å². The van der Waals surface area contributed by atoms with Crippen LogP contribution in [0.25, 0.3) is 0 Å². The van der Waals surface area contributed by atoms with Gasteiger partial charge in [0.1, 0.15) is 4.75 Å². The van der Waals surface area contributed by atoms with Crippen molar-refractivity contribution in [2.24, 2.45) is 0 Å². The standard InChI is InChI=1S/C8H13NO5S/c1-8(2,3)15(14)9-4(6(10)11)5(9)7(12)13/h4-5H,1-3H3,(H,10,11)(H,12,13)/t4-,5+,9-,15-/m0/s1. The number of rotatable bonds is 3. The Hall–Kier alpha value is -0.790. The van der Waals surface area contributed by atoms with Crippen molar-refractivity contribution in [1.29, 1.82) is 0 Å². The largest absolute Gasteiger partial charge is 0.597 e. The summed E-state index contributed by atoms with van der Waals surface area (Å²) in [6.45, 7) is 5.00. The molecule has 1 aliphatic heterocycles. The third-order valence-electron chi connectivity index (χ3n) is 1.98. The number of hydrogen-bond acceptors (Lipinski definition) is 4. The van der Waals surface area contributed by atoms with E-state index in [9.17, 15) is 14.1 Å². The number of nitrogens with zero attached hydrogens (tertiary/aromatic N) is 1. The fourth-order valence-electron chi connectivity index (χ4n) is 1.22. The predicted octanol–water partition coefficient (Wildman–Crippen LogP) is -0.329. The highest BCUT2D eigenvalue weighted by atomic mass is 32.2. The fourth-order valence-corrected chi connectivity index (χ4v) is 2.62. The lowest BCUT2D eigenvalue weighted by atomic mass is 10.3. The zero-order chi connectivity index (χ0) is 12.0. The van der Waals surface area contributed by atoms with Crippen LogP contribution in [0, 0.1) is 0 Å². The second-order valence-electron chi connectivity index (χ2n) is 4.29.